The molecule has 18 rings (SSSR count). The molecule has 0 radical (unpaired) electrons. The molecular weight excluding hydrogens is 1130 g/mol. The fraction of sp³-hybridized carbons (Fsp3) is 0.356. The third kappa shape index (κ3) is 8.05. The first kappa shape index (κ1) is 57.4. The van der Waals surface area contributed by atoms with E-state index in [2.05, 4.69) is 281 Å². The first-order chi connectivity index (χ1) is 44.3. The Morgan fingerprint density at radius 3 is 1.82 bits per heavy atom. The minimum atomic E-state index is -0.256. The van der Waals surface area contributed by atoms with E-state index in [0.29, 0.717) is 5.92 Å². The third-order valence-electron chi connectivity index (χ3n) is 24.7. The number of benzene rings is 9. The minimum absolute atomic E-state index is 0.00647. The normalized spacial score (nSPS) is 21.4. The van der Waals surface area contributed by atoms with E-state index >= 15 is 0 Å². The fourth-order valence-electron chi connectivity index (χ4n) is 19.4. The van der Waals surface area contributed by atoms with Crippen molar-refractivity contribution in [1.29, 1.82) is 0 Å². The quantitative estimate of drug-likeness (QED) is 0.161. The van der Waals surface area contributed by atoms with Gasteiger partial charge in [0.05, 0.1) is 22.7 Å². The number of rotatable bonds is 5. The first-order valence-electron chi connectivity index (χ1n) is 35.0. The SMILES string of the molecule is CC(C)(C)c1ccc(N(c2ccc3c(c2)N(c2ccc4c(c2)C(C)(C)CCC4(C)C)c2cc(C(C)(C)C)cc4c2B3c2oc3cc5c(cc3c2N4c2cccc3c2-c2ccccc2C32CC3CCC2C3)C(C)(C)CCC5(C)C)c2cccc3c2oc2ccccc23)cc1. The average molecular weight is 1220 g/mol. The Hall–Kier alpha value is -8.22. The summed E-state index contributed by atoms with van der Waals surface area (Å²) in [4.78, 5) is 7.91. The van der Waals surface area contributed by atoms with Crippen molar-refractivity contribution in [2.75, 3.05) is 14.7 Å². The van der Waals surface area contributed by atoms with Crippen LogP contribution in [0.4, 0.5) is 51.2 Å². The van der Waals surface area contributed by atoms with Gasteiger partial charge in [0.15, 0.2) is 5.58 Å². The average Bonchev–Trinajstić information content (AvgIpc) is 1.62. The number of hydrogen-bond donors (Lipinski definition) is 0. The van der Waals surface area contributed by atoms with Crippen LogP contribution < -0.4 is 31.3 Å². The van der Waals surface area contributed by atoms with E-state index in [1.54, 1.807) is 5.56 Å². The number of fused-ring (bicyclic) bond motifs is 19. The molecule has 466 valence electrons. The molecule has 2 fully saturated rings. The minimum Gasteiger partial charge on any atom is -0.468 e. The van der Waals surface area contributed by atoms with Crippen molar-refractivity contribution in [3.63, 3.8) is 0 Å². The van der Waals surface area contributed by atoms with Crippen LogP contribution in [0.2, 0.25) is 0 Å². The highest BCUT2D eigenvalue weighted by Gasteiger charge is 2.58. The van der Waals surface area contributed by atoms with Crippen LogP contribution in [0.15, 0.2) is 179 Å². The highest BCUT2D eigenvalue weighted by atomic mass is 16.3. The van der Waals surface area contributed by atoms with Gasteiger partial charge in [-0.1, -0.05) is 194 Å². The van der Waals surface area contributed by atoms with E-state index in [1.807, 2.05) is 0 Å². The molecule has 93 heavy (non-hydrogen) atoms. The Kier molecular flexibility index (Phi) is 11.7. The summed E-state index contributed by atoms with van der Waals surface area (Å²) in [5.41, 5.74) is 30.6. The number of furan rings is 2. The second-order valence-corrected chi connectivity index (χ2v) is 34.2. The molecule has 1 spiro atoms. The Morgan fingerprint density at radius 1 is 0.473 bits per heavy atom. The molecule has 3 unspecified atom stereocenters. The summed E-state index contributed by atoms with van der Waals surface area (Å²) in [7, 11) is 0. The van der Waals surface area contributed by atoms with Gasteiger partial charge < -0.3 is 23.5 Å². The molecule has 2 aliphatic heterocycles. The van der Waals surface area contributed by atoms with Crippen molar-refractivity contribution in [2.45, 2.75) is 186 Å². The maximum absolute atomic E-state index is 8.01. The van der Waals surface area contributed by atoms with Crippen LogP contribution in [0.3, 0.4) is 0 Å². The molecule has 5 aliphatic carbocycles. The molecule has 0 amide bonds. The van der Waals surface area contributed by atoms with E-state index in [1.165, 1.54) is 121 Å². The van der Waals surface area contributed by atoms with Gasteiger partial charge in [0.1, 0.15) is 11.2 Å². The lowest BCUT2D eigenvalue weighted by atomic mass is 9.35. The monoisotopic (exact) mass is 1220 g/mol. The molecule has 0 saturated heterocycles. The Bertz CT molecular complexity index is 5010. The van der Waals surface area contributed by atoms with Crippen molar-refractivity contribution < 1.29 is 8.83 Å². The van der Waals surface area contributed by atoms with Crippen LogP contribution in [0.25, 0.3) is 44.0 Å². The van der Waals surface area contributed by atoms with E-state index in [-0.39, 0.29) is 44.6 Å². The molecule has 7 aliphatic rings. The number of hydrogen-bond acceptors (Lipinski definition) is 5. The Morgan fingerprint density at radius 2 is 1.11 bits per heavy atom. The zero-order chi connectivity index (χ0) is 64.0. The van der Waals surface area contributed by atoms with Crippen LogP contribution in [0.1, 0.15) is 193 Å². The van der Waals surface area contributed by atoms with Gasteiger partial charge in [-0.3, -0.25) is 0 Å². The van der Waals surface area contributed by atoms with Crippen LogP contribution in [0.5, 0.6) is 0 Å². The Labute approximate surface area is 551 Å². The van der Waals surface area contributed by atoms with Crippen molar-refractivity contribution in [3.05, 3.63) is 214 Å². The summed E-state index contributed by atoms with van der Waals surface area (Å²) >= 11 is 0. The third-order valence-corrected chi connectivity index (χ3v) is 24.7. The summed E-state index contributed by atoms with van der Waals surface area (Å²) in [5.74, 6) is 1.40. The van der Waals surface area contributed by atoms with Gasteiger partial charge in [-0.25, -0.2) is 0 Å². The van der Waals surface area contributed by atoms with Gasteiger partial charge in [0.2, 0.25) is 0 Å². The van der Waals surface area contributed by atoms with Gasteiger partial charge >= 0.3 is 0 Å². The van der Waals surface area contributed by atoms with Crippen molar-refractivity contribution in [1.82, 2.24) is 0 Å². The second-order valence-electron chi connectivity index (χ2n) is 34.2. The van der Waals surface area contributed by atoms with Crippen LogP contribution in [-0.4, -0.2) is 6.71 Å². The summed E-state index contributed by atoms with van der Waals surface area (Å²) in [6.07, 6.45) is 9.74. The lowest BCUT2D eigenvalue weighted by Crippen LogP contribution is -2.61. The summed E-state index contributed by atoms with van der Waals surface area (Å²) < 4.78 is 15.0. The highest BCUT2D eigenvalue weighted by Crippen LogP contribution is 2.68. The first-order valence-corrected chi connectivity index (χ1v) is 35.0. The van der Waals surface area contributed by atoms with E-state index in [9.17, 15) is 0 Å². The topological polar surface area (TPSA) is 36.0 Å². The van der Waals surface area contributed by atoms with E-state index < -0.39 is 0 Å². The molecule has 0 N–H and O–H groups in total. The van der Waals surface area contributed by atoms with Crippen LogP contribution >= 0.6 is 0 Å². The van der Waals surface area contributed by atoms with Gasteiger partial charge in [-0.2, -0.15) is 0 Å². The van der Waals surface area contributed by atoms with Gasteiger partial charge in [-0.05, 0) is 229 Å². The number of anilines is 9. The molecule has 9 aromatic carbocycles. The maximum atomic E-state index is 8.01. The lowest BCUT2D eigenvalue weighted by Gasteiger charge is -2.45. The van der Waals surface area contributed by atoms with Crippen molar-refractivity contribution in [3.8, 4) is 11.1 Å². The molecular formula is C87H88BN3O2. The molecule has 11 aromatic rings. The second kappa shape index (κ2) is 19.0. The predicted molar refractivity (Wildman–Crippen MR) is 392 cm³/mol. The zero-order valence-electron chi connectivity index (χ0n) is 57.2. The summed E-state index contributed by atoms with van der Waals surface area (Å²) in [5, 5.41) is 3.42. The van der Waals surface area contributed by atoms with Crippen molar-refractivity contribution >= 4 is 107 Å². The van der Waals surface area contributed by atoms with E-state index in [0.717, 1.165) is 87.5 Å². The van der Waals surface area contributed by atoms with E-state index in [4.69, 9.17) is 8.83 Å². The molecule has 2 bridgehead atoms. The van der Waals surface area contributed by atoms with Crippen LogP contribution in [0, 0.1) is 11.8 Å². The standard InChI is InChI=1S/C87H88BN3O2/c1-81(2,3)52-31-33-55(34-32-52)89(70-27-19-23-59-58-21-16-18-28-74(58)92-79(59)70)57-36-38-68-71(47-57)90(56-35-37-63-65(46-56)84(9,10)40-39-83(63,7)8)72-44-54(82(4,5)6)45-73-77(72)88(68)80-78(61-48-66-67(49-75(61)93-80)86(13,14)42-41-85(66,11)12)91(73)69-26-20-25-64-76(69)60-22-15-17-24-62(60)87(64)50-51-29-30-53(87)43-51/h15-28,31-38,44-49,51,53H,29-30,39-43,50H2,1-14H3. The lowest BCUT2D eigenvalue weighted by molar-refractivity contribution is 0.327. The van der Waals surface area contributed by atoms with Crippen molar-refractivity contribution in [2.24, 2.45) is 11.8 Å². The maximum Gasteiger partial charge on any atom is 0.297 e. The molecule has 2 saturated carbocycles. The number of para-hydroxylation sites is 2. The Balaban J connectivity index is 0.962. The largest absolute Gasteiger partial charge is 0.468 e. The summed E-state index contributed by atoms with van der Waals surface area (Å²) in [6.45, 7) is 33.6. The molecule has 6 heteroatoms. The summed E-state index contributed by atoms with van der Waals surface area (Å²) in [6, 6.07) is 66.7. The van der Waals surface area contributed by atoms with Crippen LogP contribution in [-0.2, 0) is 37.9 Å². The van der Waals surface area contributed by atoms with Gasteiger partial charge in [0, 0.05) is 61.3 Å². The molecule has 2 aromatic heterocycles. The fourth-order valence-corrected chi connectivity index (χ4v) is 19.4. The van der Waals surface area contributed by atoms with Gasteiger partial charge in [-0.15, -0.1) is 0 Å². The molecule has 4 heterocycles. The number of nitrogens with zero attached hydrogens (tertiary/aromatic N) is 3. The molecule has 3 atom stereocenters. The van der Waals surface area contributed by atoms with Gasteiger partial charge in [0.25, 0.3) is 6.71 Å². The predicted octanol–water partition coefficient (Wildman–Crippen LogP) is 22.3. The smallest absolute Gasteiger partial charge is 0.297 e. The molecule has 5 nitrogen and oxygen atoms in total. The zero-order valence-corrected chi connectivity index (χ0v) is 57.2. The highest BCUT2D eigenvalue weighted by molar-refractivity contribution is 7.00.